The van der Waals surface area contributed by atoms with Gasteiger partial charge in [0.25, 0.3) is 0 Å². The largest absolute Gasteiger partial charge is 0.506 e. The van der Waals surface area contributed by atoms with Crippen LogP contribution < -0.4 is 10.2 Å². The molecule has 0 saturated heterocycles. The molecule has 0 bridgehead atoms. The second-order valence-corrected chi connectivity index (χ2v) is 6.59. The Morgan fingerprint density at radius 1 is 1.04 bits per heavy atom. The van der Waals surface area contributed by atoms with Gasteiger partial charge in [-0.15, -0.1) is 0 Å². The minimum absolute atomic E-state index is 0.0229. The smallest absolute Gasteiger partial charge is 0.141 e. The molecule has 0 aliphatic carbocycles. The lowest BCUT2D eigenvalue weighted by molar-refractivity contribution is 0.462. The van der Waals surface area contributed by atoms with Crippen LogP contribution in [0.4, 0.5) is 22.7 Å². The van der Waals surface area contributed by atoms with Crippen molar-refractivity contribution in [2.45, 2.75) is 27.7 Å². The second-order valence-electron chi connectivity index (χ2n) is 6.59. The summed E-state index contributed by atoms with van der Waals surface area (Å²) in [6.45, 7) is 8.06. The van der Waals surface area contributed by atoms with E-state index >= 15 is 0 Å². The number of nitroso groups, excluding NO2 is 1. The Morgan fingerprint density at radius 2 is 1.63 bits per heavy atom. The third kappa shape index (κ3) is 3.84. The highest BCUT2D eigenvalue weighted by atomic mass is 16.3. The molecule has 0 aromatic heterocycles. The first-order valence-corrected chi connectivity index (χ1v) is 8.53. The molecular formula is C19H25N5O3. The third-order valence-electron chi connectivity index (χ3n) is 4.99. The monoisotopic (exact) mass is 371 g/mol. The number of nitrogens with zero attached hydrogens (tertiary/aromatic N) is 3. The van der Waals surface area contributed by atoms with Crippen molar-refractivity contribution in [3.63, 3.8) is 0 Å². The number of anilines is 3. The van der Waals surface area contributed by atoms with Gasteiger partial charge in [0.15, 0.2) is 0 Å². The quantitative estimate of drug-likeness (QED) is 0.238. The van der Waals surface area contributed by atoms with Crippen LogP contribution in [0.5, 0.6) is 11.5 Å². The molecule has 0 aliphatic rings. The molecule has 8 heteroatoms. The average molecular weight is 371 g/mol. The van der Waals surface area contributed by atoms with Gasteiger partial charge in [0.2, 0.25) is 0 Å². The lowest BCUT2D eigenvalue weighted by atomic mass is 9.96. The zero-order chi connectivity index (χ0) is 20.3. The van der Waals surface area contributed by atoms with Crippen LogP contribution in [0.25, 0.3) is 0 Å². The van der Waals surface area contributed by atoms with Crippen molar-refractivity contribution in [1.82, 2.24) is 0 Å². The highest BCUT2D eigenvalue weighted by molar-refractivity contribution is 5.80. The van der Waals surface area contributed by atoms with Crippen molar-refractivity contribution in [2.75, 3.05) is 30.4 Å². The van der Waals surface area contributed by atoms with Crippen LogP contribution in [0.2, 0.25) is 0 Å². The van der Waals surface area contributed by atoms with Gasteiger partial charge in [0, 0.05) is 31.4 Å². The Bertz CT molecular complexity index is 867. The maximum Gasteiger partial charge on any atom is 0.141 e. The SMILES string of the molecule is Cc1c(C)c(Nc2cc(O)c(N(C)CCN=O)cc2O)c(C)c(C)c1N=N. The van der Waals surface area contributed by atoms with Gasteiger partial charge in [-0.25, -0.2) is 5.53 Å². The fourth-order valence-electron chi connectivity index (χ4n) is 3.07. The van der Waals surface area contributed by atoms with Crippen LogP contribution in [0, 0.1) is 38.1 Å². The maximum atomic E-state index is 10.4. The van der Waals surface area contributed by atoms with Crippen LogP contribution in [0.15, 0.2) is 22.4 Å². The number of phenolic OH excluding ortho intramolecular Hbond substituents is 2. The van der Waals surface area contributed by atoms with Gasteiger partial charge in [0.1, 0.15) is 11.5 Å². The fourth-order valence-corrected chi connectivity index (χ4v) is 3.07. The molecule has 0 heterocycles. The number of nitrogens with one attached hydrogen (secondary N) is 2. The Labute approximate surface area is 158 Å². The molecule has 0 aliphatic heterocycles. The van der Waals surface area contributed by atoms with Crippen molar-refractivity contribution < 1.29 is 10.2 Å². The molecule has 0 radical (unpaired) electrons. The average Bonchev–Trinajstić information content (AvgIpc) is 2.64. The summed E-state index contributed by atoms with van der Waals surface area (Å²) in [5.41, 5.74) is 13.2. The molecule has 2 rings (SSSR count). The van der Waals surface area contributed by atoms with E-state index in [9.17, 15) is 15.1 Å². The van der Waals surface area contributed by atoms with E-state index in [1.54, 1.807) is 11.9 Å². The Balaban J connectivity index is 2.46. The molecule has 8 nitrogen and oxygen atoms in total. The van der Waals surface area contributed by atoms with Crippen LogP contribution >= 0.6 is 0 Å². The number of benzene rings is 2. The molecule has 4 N–H and O–H groups in total. The molecular weight excluding hydrogens is 346 g/mol. The molecule has 2 aromatic carbocycles. The van der Waals surface area contributed by atoms with E-state index < -0.39 is 0 Å². The van der Waals surface area contributed by atoms with Gasteiger partial charge in [-0.2, -0.15) is 10.0 Å². The van der Waals surface area contributed by atoms with Crippen molar-refractivity contribution in [2.24, 2.45) is 10.3 Å². The topological polar surface area (TPSA) is 121 Å². The number of likely N-dealkylation sites (N-methyl/N-ethyl adjacent to an activating group) is 1. The minimum atomic E-state index is -0.0305. The zero-order valence-electron chi connectivity index (χ0n) is 16.2. The summed E-state index contributed by atoms with van der Waals surface area (Å²) < 4.78 is 0. The van der Waals surface area contributed by atoms with E-state index in [0.29, 0.717) is 23.6 Å². The van der Waals surface area contributed by atoms with E-state index in [-0.39, 0.29) is 18.0 Å². The molecule has 0 atom stereocenters. The van der Waals surface area contributed by atoms with Crippen LogP contribution in [0.3, 0.4) is 0 Å². The summed E-state index contributed by atoms with van der Waals surface area (Å²) >= 11 is 0. The highest BCUT2D eigenvalue weighted by Crippen LogP contribution is 2.41. The van der Waals surface area contributed by atoms with E-state index in [0.717, 1.165) is 27.9 Å². The standard InChI is InChI=1S/C19H25N5O3/c1-10-12(3)19(23-20)13(4)11(2)18(10)22-14-8-17(26)15(9-16(14)25)24(5)7-6-21-27/h8-9,20,22,25-26H,6-7H2,1-5H3. The van der Waals surface area contributed by atoms with E-state index in [1.807, 2.05) is 27.7 Å². The molecule has 144 valence electrons. The lowest BCUT2D eigenvalue weighted by Gasteiger charge is -2.22. The Hall–Kier alpha value is -3.16. The Morgan fingerprint density at radius 3 is 2.15 bits per heavy atom. The number of rotatable bonds is 7. The molecule has 2 aromatic rings. The summed E-state index contributed by atoms with van der Waals surface area (Å²) in [4.78, 5) is 11.9. The first-order valence-electron chi connectivity index (χ1n) is 8.53. The first kappa shape index (κ1) is 20.2. The summed E-state index contributed by atoms with van der Waals surface area (Å²) in [6, 6.07) is 2.89. The first-order chi connectivity index (χ1) is 12.7. The van der Waals surface area contributed by atoms with Crippen molar-refractivity contribution in [3.05, 3.63) is 39.3 Å². The molecule has 0 fully saturated rings. The highest BCUT2D eigenvalue weighted by Gasteiger charge is 2.17. The van der Waals surface area contributed by atoms with Crippen molar-refractivity contribution in [3.8, 4) is 11.5 Å². The predicted molar refractivity (Wildman–Crippen MR) is 107 cm³/mol. The van der Waals surface area contributed by atoms with E-state index in [1.165, 1.54) is 12.1 Å². The van der Waals surface area contributed by atoms with Crippen LogP contribution in [0.1, 0.15) is 22.3 Å². The van der Waals surface area contributed by atoms with Gasteiger partial charge < -0.3 is 20.4 Å². The van der Waals surface area contributed by atoms with Gasteiger partial charge in [-0.1, -0.05) is 5.18 Å². The molecule has 0 saturated carbocycles. The molecule has 27 heavy (non-hydrogen) atoms. The summed E-state index contributed by atoms with van der Waals surface area (Å²) in [6.07, 6.45) is 0. The minimum Gasteiger partial charge on any atom is -0.506 e. The summed E-state index contributed by atoms with van der Waals surface area (Å²) in [5, 5.41) is 30.4. The van der Waals surface area contributed by atoms with Crippen LogP contribution in [-0.2, 0) is 0 Å². The number of aromatic hydroxyl groups is 2. The maximum absolute atomic E-state index is 10.4. The number of phenols is 2. The van der Waals surface area contributed by atoms with E-state index in [2.05, 4.69) is 15.6 Å². The number of hydrogen-bond acceptors (Lipinski definition) is 8. The molecule has 0 spiro atoms. The fraction of sp³-hybridized carbons (Fsp3) is 0.368. The molecule has 0 amide bonds. The summed E-state index contributed by atoms with van der Waals surface area (Å²) in [5.74, 6) is -0.0534. The van der Waals surface area contributed by atoms with Crippen molar-refractivity contribution >= 4 is 22.7 Å². The van der Waals surface area contributed by atoms with Gasteiger partial charge in [-0.3, -0.25) is 0 Å². The normalized spacial score (nSPS) is 10.6. The zero-order valence-corrected chi connectivity index (χ0v) is 16.2. The predicted octanol–water partition coefficient (Wildman–Crippen LogP) is 4.94. The Kier molecular flexibility index (Phi) is 5.99. The number of hydrogen-bond donors (Lipinski definition) is 4. The second kappa shape index (κ2) is 8.03. The summed E-state index contributed by atoms with van der Waals surface area (Å²) in [7, 11) is 1.71. The molecule has 0 unspecified atom stereocenters. The van der Waals surface area contributed by atoms with Gasteiger partial charge in [0.05, 0.1) is 23.6 Å². The van der Waals surface area contributed by atoms with Gasteiger partial charge in [-0.05, 0) is 49.9 Å². The van der Waals surface area contributed by atoms with Crippen molar-refractivity contribution in [1.29, 1.82) is 5.53 Å². The van der Waals surface area contributed by atoms with Crippen LogP contribution in [-0.4, -0.2) is 30.4 Å². The third-order valence-corrected chi connectivity index (χ3v) is 4.99. The lowest BCUT2D eigenvalue weighted by Crippen LogP contribution is -2.20. The van der Waals surface area contributed by atoms with Gasteiger partial charge >= 0.3 is 0 Å². The van der Waals surface area contributed by atoms with E-state index in [4.69, 9.17) is 5.53 Å².